The Morgan fingerprint density at radius 3 is 2.79 bits per heavy atom. The van der Waals surface area contributed by atoms with Crippen LogP contribution in [0.4, 0.5) is 0 Å². The number of hydrogen-bond donors (Lipinski definition) is 1. The summed E-state index contributed by atoms with van der Waals surface area (Å²) in [4.78, 5) is 14.7. The predicted molar refractivity (Wildman–Crippen MR) is 58.7 cm³/mol. The summed E-state index contributed by atoms with van der Waals surface area (Å²) in [6.07, 6.45) is 2.44. The molecule has 0 fully saturated rings. The molecule has 0 saturated carbocycles. The zero-order valence-electron chi connectivity index (χ0n) is 8.20. The van der Waals surface area contributed by atoms with Gasteiger partial charge < -0.3 is 5.32 Å². The normalized spacial score (nSPS) is 12.6. The van der Waals surface area contributed by atoms with Crippen LogP contribution in [-0.4, -0.2) is 11.4 Å². The van der Waals surface area contributed by atoms with Gasteiger partial charge in [-0.15, -0.1) is 0 Å². The molecule has 0 aliphatic heterocycles. The number of carbonyl (C=O) groups excluding carboxylic acids is 1. The second-order valence-corrected chi connectivity index (χ2v) is 4.32. The molecule has 0 aromatic carbocycles. The van der Waals surface area contributed by atoms with Gasteiger partial charge in [0.25, 0.3) is 0 Å². The summed E-state index contributed by atoms with van der Waals surface area (Å²) in [7, 11) is 0. The molecule has 1 N–H and O–H groups in total. The molecule has 1 aromatic heterocycles. The fraction of sp³-hybridized carbons (Fsp3) is 0.400. The van der Waals surface area contributed by atoms with E-state index in [1.165, 1.54) is 0 Å². The van der Waals surface area contributed by atoms with Gasteiger partial charge in [0.15, 0.2) is 0 Å². The van der Waals surface area contributed by atoms with Crippen LogP contribution in [0.5, 0.6) is 0 Å². The van der Waals surface area contributed by atoms with Crippen LogP contribution in [0.1, 0.15) is 25.6 Å². The van der Waals surface area contributed by atoms with Crippen LogP contribution in [0.2, 0.25) is 0 Å². The van der Waals surface area contributed by atoms with E-state index in [1.54, 1.807) is 6.20 Å². The van der Waals surface area contributed by atoms with E-state index in [4.69, 9.17) is 0 Å². The first-order valence-corrected chi connectivity index (χ1v) is 5.25. The van der Waals surface area contributed by atoms with E-state index < -0.39 is 0 Å². The zero-order chi connectivity index (χ0) is 10.6. The molecule has 1 atom stereocenters. The van der Waals surface area contributed by atoms with Gasteiger partial charge in [0, 0.05) is 10.7 Å². The lowest BCUT2D eigenvalue weighted by Crippen LogP contribution is -2.25. The van der Waals surface area contributed by atoms with Crippen LogP contribution in [-0.2, 0) is 4.79 Å². The van der Waals surface area contributed by atoms with Gasteiger partial charge in [-0.3, -0.25) is 9.78 Å². The quantitative estimate of drug-likeness (QED) is 0.841. The van der Waals surface area contributed by atoms with Crippen LogP contribution in [0.15, 0.2) is 22.8 Å². The molecule has 0 aliphatic carbocycles. The van der Waals surface area contributed by atoms with Crippen LogP contribution >= 0.6 is 15.9 Å². The smallest absolute Gasteiger partial charge is 0.207 e. The summed E-state index contributed by atoms with van der Waals surface area (Å²) in [6.45, 7) is 4.09. The molecular formula is C10H13BrN2O. The minimum atomic E-state index is -0.0231. The summed E-state index contributed by atoms with van der Waals surface area (Å²) in [5.74, 6) is 0.321. The van der Waals surface area contributed by atoms with Gasteiger partial charge in [0.1, 0.15) is 0 Å². The van der Waals surface area contributed by atoms with Crippen molar-refractivity contribution in [2.75, 3.05) is 0 Å². The third kappa shape index (κ3) is 2.80. The van der Waals surface area contributed by atoms with E-state index in [-0.39, 0.29) is 6.04 Å². The van der Waals surface area contributed by atoms with Crippen LogP contribution in [0, 0.1) is 5.92 Å². The molecule has 0 saturated heterocycles. The highest BCUT2D eigenvalue weighted by Crippen LogP contribution is 2.21. The Morgan fingerprint density at radius 2 is 2.29 bits per heavy atom. The number of pyridine rings is 1. The standard InChI is InChI=1S/C10H13BrN2O/c1-7(2)10(13-6-14)9-5-8(11)3-4-12-9/h3-7,10H,1-2H3,(H,13,14). The Bertz CT molecular complexity index is 315. The number of hydrogen-bond acceptors (Lipinski definition) is 2. The van der Waals surface area contributed by atoms with E-state index in [9.17, 15) is 4.79 Å². The Morgan fingerprint density at radius 1 is 1.57 bits per heavy atom. The maximum absolute atomic E-state index is 10.4. The number of carbonyl (C=O) groups is 1. The van der Waals surface area contributed by atoms with Gasteiger partial charge in [-0.1, -0.05) is 29.8 Å². The summed E-state index contributed by atoms with van der Waals surface area (Å²) in [5.41, 5.74) is 0.876. The fourth-order valence-electron chi connectivity index (χ4n) is 1.28. The zero-order valence-corrected chi connectivity index (χ0v) is 9.78. The van der Waals surface area contributed by atoms with Crippen molar-refractivity contribution in [3.63, 3.8) is 0 Å². The van der Waals surface area contributed by atoms with Crippen molar-refractivity contribution in [3.05, 3.63) is 28.5 Å². The molecule has 0 bridgehead atoms. The van der Waals surface area contributed by atoms with Crippen molar-refractivity contribution in [2.24, 2.45) is 5.92 Å². The minimum absolute atomic E-state index is 0.0231. The van der Waals surface area contributed by atoms with Crippen molar-refractivity contribution >= 4 is 22.3 Å². The number of aromatic nitrogens is 1. The summed E-state index contributed by atoms with van der Waals surface area (Å²) >= 11 is 3.37. The molecular weight excluding hydrogens is 244 g/mol. The molecule has 1 amide bonds. The van der Waals surface area contributed by atoms with E-state index in [2.05, 4.69) is 26.2 Å². The summed E-state index contributed by atoms with van der Waals surface area (Å²) in [5, 5.41) is 2.76. The van der Waals surface area contributed by atoms with E-state index in [1.807, 2.05) is 26.0 Å². The number of nitrogens with zero attached hydrogens (tertiary/aromatic N) is 1. The fourth-order valence-corrected chi connectivity index (χ4v) is 1.64. The predicted octanol–water partition coefficient (Wildman–Crippen LogP) is 2.29. The highest BCUT2D eigenvalue weighted by atomic mass is 79.9. The van der Waals surface area contributed by atoms with Crippen LogP contribution in [0.3, 0.4) is 0 Å². The average molecular weight is 257 g/mol. The molecule has 1 heterocycles. The van der Waals surface area contributed by atoms with Crippen molar-refractivity contribution in [2.45, 2.75) is 19.9 Å². The number of amides is 1. The van der Waals surface area contributed by atoms with Crippen molar-refractivity contribution in [1.29, 1.82) is 0 Å². The number of halogens is 1. The second kappa shape index (κ2) is 5.10. The maximum Gasteiger partial charge on any atom is 0.207 e. The molecule has 1 unspecified atom stereocenters. The first-order chi connectivity index (χ1) is 6.65. The van der Waals surface area contributed by atoms with Crippen molar-refractivity contribution in [3.8, 4) is 0 Å². The molecule has 0 spiro atoms. The third-order valence-electron chi connectivity index (χ3n) is 1.98. The first kappa shape index (κ1) is 11.2. The van der Waals surface area contributed by atoms with Crippen LogP contribution < -0.4 is 5.32 Å². The topological polar surface area (TPSA) is 42.0 Å². The highest BCUT2D eigenvalue weighted by Gasteiger charge is 2.15. The summed E-state index contributed by atoms with van der Waals surface area (Å²) in [6, 6.07) is 3.76. The van der Waals surface area contributed by atoms with Gasteiger partial charge in [-0.05, 0) is 18.1 Å². The Hall–Kier alpha value is -0.900. The van der Waals surface area contributed by atoms with Gasteiger partial charge in [-0.2, -0.15) is 0 Å². The van der Waals surface area contributed by atoms with Crippen LogP contribution in [0.25, 0.3) is 0 Å². The molecule has 1 aromatic rings. The molecule has 14 heavy (non-hydrogen) atoms. The monoisotopic (exact) mass is 256 g/mol. The minimum Gasteiger partial charge on any atom is -0.350 e. The van der Waals surface area contributed by atoms with Gasteiger partial charge in [0.2, 0.25) is 6.41 Å². The molecule has 76 valence electrons. The molecule has 0 radical (unpaired) electrons. The van der Waals surface area contributed by atoms with E-state index in [0.717, 1.165) is 10.2 Å². The van der Waals surface area contributed by atoms with Gasteiger partial charge >= 0.3 is 0 Å². The lowest BCUT2D eigenvalue weighted by molar-refractivity contribution is -0.110. The molecule has 0 aliphatic rings. The third-order valence-corrected chi connectivity index (χ3v) is 2.47. The van der Waals surface area contributed by atoms with Crippen molar-refractivity contribution in [1.82, 2.24) is 10.3 Å². The maximum atomic E-state index is 10.4. The van der Waals surface area contributed by atoms with E-state index in [0.29, 0.717) is 12.3 Å². The average Bonchev–Trinajstić information content (AvgIpc) is 2.13. The van der Waals surface area contributed by atoms with Gasteiger partial charge in [0.05, 0.1) is 11.7 Å². The Labute approximate surface area is 92.1 Å². The number of nitrogens with one attached hydrogen (secondary N) is 1. The lowest BCUT2D eigenvalue weighted by atomic mass is 10.0. The lowest BCUT2D eigenvalue weighted by Gasteiger charge is -2.19. The second-order valence-electron chi connectivity index (χ2n) is 3.41. The molecule has 1 rings (SSSR count). The highest BCUT2D eigenvalue weighted by molar-refractivity contribution is 9.10. The molecule has 4 heteroatoms. The van der Waals surface area contributed by atoms with Gasteiger partial charge in [-0.25, -0.2) is 0 Å². The largest absolute Gasteiger partial charge is 0.350 e. The Balaban J connectivity index is 2.92. The molecule has 3 nitrogen and oxygen atoms in total. The SMILES string of the molecule is CC(C)C(NC=O)c1cc(Br)ccn1. The number of rotatable bonds is 4. The summed E-state index contributed by atoms with van der Waals surface area (Å²) < 4.78 is 0.973. The van der Waals surface area contributed by atoms with Crippen molar-refractivity contribution < 1.29 is 4.79 Å². The van der Waals surface area contributed by atoms with E-state index >= 15 is 0 Å². The Kier molecular flexibility index (Phi) is 4.07. The first-order valence-electron chi connectivity index (χ1n) is 4.46.